The van der Waals surface area contributed by atoms with Crippen LogP contribution in [0.4, 0.5) is 0 Å². The van der Waals surface area contributed by atoms with E-state index in [4.69, 9.17) is 14.6 Å². The summed E-state index contributed by atoms with van der Waals surface area (Å²) in [5, 5.41) is 9.12. The predicted octanol–water partition coefficient (Wildman–Crippen LogP) is 2.90. The SMILES string of the molecule is CCOC(=O)C1=C(C)N=c2s/c(=C\c3ccc(C(=O)O)cc3)c(=O)n2[C@@H]1c1ccccc1OCC. The fourth-order valence-electron chi connectivity index (χ4n) is 3.95. The molecular formula is C26H24N2O6S. The molecule has 0 unspecified atom stereocenters. The Balaban J connectivity index is 1.94. The number of thiazole rings is 1. The van der Waals surface area contributed by atoms with Gasteiger partial charge in [-0.05, 0) is 50.6 Å². The van der Waals surface area contributed by atoms with Gasteiger partial charge in [0.15, 0.2) is 4.80 Å². The molecule has 4 rings (SSSR count). The molecule has 8 nitrogen and oxygen atoms in total. The lowest BCUT2D eigenvalue weighted by molar-refractivity contribution is -0.139. The lowest BCUT2D eigenvalue weighted by Gasteiger charge is -2.26. The molecule has 0 spiro atoms. The highest BCUT2D eigenvalue weighted by molar-refractivity contribution is 7.07. The van der Waals surface area contributed by atoms with Crippen molar-refractivity contribution in [1.29, 1.82) is 0 Å². The Morgan fingerprint density at radius 3 is 2.49 bits per heavy atom. The van der Waals surface area contributed by atoms with Gasteiger partial charge in [0.25, 0.3) is 5.56 Å². The molecule has 0 fully saturated rings. The zero-order valence-corrected chi connectivity index (χ0v) is 20.3. The van der Waals surface area contributed by atoms with E-state index in [1.807, 2.05) is 25.1 Å². The number of carboxylic acid groups (broad SMARTS) is 1. The molecule has 1 N–H and O–H groups in total. The van der Waals surface area contributed by atoms with E-state index in [0.29, 0.717) is 38.5 Å². The Morgan fingerprint density at radius 2 is 1.83 bits per heavy atom. The fraction of sp³-hybridized carbons (Fsp3) is 0.231. The molecule has 0 radical (unpaired) electrons. The molecule has 0 aliphatic carbocycles. The smallest absolute Gasteiger partial charge is 0.338 e. The topological polar surface area (TPSA) is 107 Å². The average Bonchev–Trinajstić information content (AvgIpc) is 3.13. The summed E-state index contributed by atoms with van der Waals surface area (Å²) in [6.45, 7) is 5.92. The number of benzene rings is 2. The lowest BCUT2D eigenvalue weighted by Crippen LogP contribution is -2.40. The van der Waals surface area contributed by atoms with Crippen LogP contribution in [0.2, 0.25) is 0 Å². The second kappa shape index (κ2) is 10.1. The Bertz CT molecular complexity index is 1500. The number of allylic oxidation sites excluding steroid dienone is 1. The zero-order valence-electron chi connectivity index (χ0n) is 19.5. The highest BCUT2D eigenvalue weighted by Gasteiger charge is 2.35. The summed E-state index contributed by atoms with van der Waals surface area (Å²) >= 11 is 1.20. The van der Waals surface area contributed by atoms with Crippen LogP contribution < -0.4 is 19.6 Å². The van der Waals surface area contributed by atoms with Crippen LogP contribution in [0.3, 0.4) is 0 Å². The van der Waals surface area contributed by atoms with E-state index >= 15 is 0 Å². The molecule has 35 heavy (non-hydrogen) atoms. The summed E-state index contributed by atoms with van der Waals surface area (Å²) in [5.41, 5.74) is 1.92. The maximum atomic E-state index is 13.7. The molecule has 0 bridgehead atoms. The minimum absolute atomic E-state index is 0.158. The number of hydrogen-bond acceptors (Lipinski definition) is 7. The molecule has 1 aromatic heterocycles. The molecule has 0 amide bonds. The van der Waals surface area contributed by atoms with E-state index in [-0.39, 0.29) is 23.3 Å². The number of aromatic carboxylic acids is 1. The van der Waals surface area contributed by atoms with Crippen molar-refractivity contribution < 1.29 is 24.2 Å². The number of nitrogens with zero attached hydrogens (tertiary/aromatic N) is 2. The number of carbonyl (C=O) groups is 2. The van der Waals surface area contributed by atoms with Crippen LogP contribution in [0.15, 0.2) is 69.6 Å². The number of fused-ring (bicyclic) bond motifs is 1. The molecule has 9 heteroatoms. The van der Waals surface area contributed by atoms with Gasteiger partial charge in [0, 0.05) is 5.56 Å². The van der Waals surface area contributed by atoms with Gasteiger partial charge in [0.05, 0.1) is 34.6 Å². The fourth-order valence-corrected chi connectivity index (χ4v) is 5.00. The van der Waals surface area contributed by atoms with Crippen molar-refractivity contribution >= 4 is 29.4 Å². The van der Waals surface area contributed by atoms with Gasteiger partial charge in [-0.25, -0.2) is 14.6 Å². The highest BCUT2D eigenvalue weighted by Crippen LogP contribution is 2.35. The highest BCUT2D eigenvalue weighted by atomic mass is 32.1. The van der Waals surface area contributed by atoms with Gasteiger partial charge >= 0.3 is 11.9 Å². The predicted molar refractivity (Wildman–Crippen MR) is 131 cm³/mol. The first kappa shape index (κ1) is 24.2. The lowest BCUT2D eigenvalue weighted by atomic mass is 9.95. The van der Waals surface area contributed by atoms with Crippen molar-refractivity contribution in [2.24, 2.45) is 4.99 Å². The Morgan fingerprint density at radius 1 is 1.11 bits per heavy atom. The van der Waals surface area contributed by atoms with Gasteiger partial charge in [-0.3, -0.25) is 9.36 Å². The van der Waals surface area contributed by atoms with Gasteiger partial charge in [0.1, 0.15) is 11.8 Å². The first-order valence-corrected chi connectivity index (χ1v) is 11.9. The van der Waals surface area contributed by atoms with Gasteiger partial charge in [-0.15, -0.1) is 0 Å². The molecule has 0 saturated heterocycles. The molecule has 0 saturated carbocycles. The van der Waals surface area contributed by atoms with E-state index in [2.05, 4.69) is 4.99 Å². The molecule has 2 heterocycles. The van der Waals surface area contributed by atoms with Crippen LogP contribution in [0.25, 0.3) is 6.08 Å². The number of esters is 1. The Kier molecular flexibility index (Phi) is 6.97. The van der Waals surface area contributed by atoms with Crippen molar-refractivity contribution in [3.05, 3.63) is 96.2 Å². The maximum Gasteiger partial charge on any atom is 0.338 e. The molecule has 3 aromatic rings. The number of para-hydroxylation sites is 1. The number of carboxylic acids is 1. The van der Waals surface area contributed by atoms with Crippen molar-refractivity contribution in [3.8, 4) is 5.75 Å². The largest absolute Gasteiger partial charge is 0.494 e. The summed E-state index contributed by atoms with van der Waals surface area (Å²) < 4.78 is 13.1. The van der Waals surface area contributed by atoms with E-state index in [9.17, 15) is 14.4 Å². The van der Waals surface area contributed by atoms with Crippen LogP contribution in [-0.4, -0.2) is 34.8 Å². The monoisotopic (exact) mass is 492 g/mol. The molecular weight excluding hydrogens is 468 g/mol. The molecule has 1 aliphatic heterocycles. The van der Waals surface area contributed by atoms with Crippen LogP contribution in [0, 0.1) is 0 Å². The Labute approximate surface area is 205 Å². The van der Waals surface area contributed by atoms with Gasteiger partial charge in [-0.2, -0.15) is 0 Å². The zero-order chi connectivity index (χ0) is 25.1. The van der Waals surface area contributed by atoms with E-state index in [0.717, 1.165) is 0 Å². The van der Waals surface area contributed by atoms with Gasteiger partial charge in [-0.1, -0.05) is 41.7 Å². The first-order valence-electron chi connectivity index (χ1n) is 11.1. The van der Waals surface area contributed by atoms with Crippen LogP contribution in [0.5, 0.6) is 5.75 Å². The maximum absolute atomic E-state index is 13.7. The number of aromatic nitrogens is 1. The average molecular weight is 493 g/mol. The van der Waals surface area contributed by atoms with Crippen LogP contribution >= 0.6 is 11.3 Å². The summed E-state index contributed by atoms with van der Waals surface area (Å²) in [5.74, 6) is -0.996. The minimum Gasteiger partial charge on any atom is -0.494 e. The molecule has 1 atom stereocenters. The van der Waals surface area contributed by atoms with E-state index in [1.165, 1.54) is 28.0 Å². The number of carbonyl (C=O) groups excluding carboxylic acids is 1. The summed E-state index contributed by atoms with van der Waals surface area (Å²) in [7, 11) is 0. The number of ether oxygens (including phenoxy) is 2. The quantitative estimate of drug-likeness (QED) is 0.509. The Hall–Kier alpha value is -3.98. The summed E-state index contributed by atoms with van der Waals surface area (Å²) in [6.07, 6.45) is 1.68. The summed E-state index contributed by atoms with van der Waals surface area (Å²) in [6, 6.07) is 12.8. The van der Waals surface area contributed by atoms with E-state index < -0.39 is 18.0 Å². The third kappa shape index (κ3) is 4.67. The standard InChI is InChI=1S/C26H24N2O6S/c1-4-33-19-9-7-6-8-18(19)22-21(25(32)34-5-2)15(3)27-26-28(22)23(29)20(35-26)14-16-10-12-17(13-11-16)24(30)31/h6-14,22H,4-5H2,1-3H3,(H,30,31)/b20-14-/t22-/m1/s1. The second-order valence-electron chi connectivity index (χ2n) is 7.70. The first-order chi connectivity index (χ1) is 16.8. The summed E-state index contributed by atoms with van der Waals surface area (Å²) in [4.78, 5) is 42.8. The minimum atomic E-state index is -1.02. The normalized spacial score (nSPS) is 15.4. The third-order valence-electron chi connectivity index (χ3n) is 5.49. The van der Waals surface area contributed by atoms with Gasteiger partial charge < -0.3 is 14.6 Å². The number of hydrogen-bond donors (Lipinski definition) is 1. The van der Waals surface area contributed by atoms with Crippen molar-refractivity contribution in [2.75, 3.05) is 13.2 Å². The number of rotatable bonds is 7. The van der Waals surface area contributed by atoms with Crippen LogP contribution in [0.1, 0.15) is 48.3 Å². The molecule has 2 aromatic carbocycles. The third-order valence-corrected chi connectivity index (χ3v) is 6.47. The molecule has 1 aliphatic rings. The van der Waals surface area contributed by atoms with Crippen molar-refractivity contribution in [2.45, 2.75) is 26.8 Å². The second-order valence-corrected chi connectivity index (χ2v) is 8.71. The molecule has 180 valence electrons. The van der Waals surface area contributed by atoms with Crippen molar-refractivity contribution in [3.63, 3.8) is 0 Å². The van der Waals surface area contributed by atoms with Crippen LogP contribution in [-0.2, 0) is 9.53 Å². The van der Waals surface area contributed by atoms with E-state index in [1.54, 1.807) is 38.1 Å². The van der Waals surface area contributed by atoms with Gasteiger partial charge in [0.2, 0.25) is 0 Å². The van der Waals surface area contributed by atoms with Crippen molar-refractivity contribution in [1.82, 2.24) is 4.57 Å².